The predicted octanol–water partition coefficient (Wildman–Crippen LogP) is 3.60. The van der Waals surface area contributed by atoms with Gasteiger partial charge in [-0.3, -0.25) is 4.99 Å². The Balaban J connectivity index is 1.97. The predicted molar refractivity (Wildman–Crippen MR) is 91.3 cm³/mol. The summed E-state index contributed by atoms with van der Waals surface area (Å²) in [6.07, 6.45) is 0. The minimum atomic E-state index is 0.281. The third-order valence-electron chi connectivity index (χ3n) is 3.09. The molecule has 5 heteroatoms. The van der Waals surface area contributed by atoms with Crippen molar-refractivity contribution in [1.82, 2.24) is 4.98 Å². The van der Waals surface area contributed by atoms with E-state index in [0.29, 0.717) is 12.5 Å². The molecule has 112 valence electrons. The summed E-state index contributed by atoms with van der Waals surface area (Å²) in [4.78, 5) is 8.90. The highest BCUT2D eigenvalue weighted by Crippen LogP contribution is 2.20. The van der Waals surface area contributed by atoms with Gasteiger partial charge in [-0.05, 0) is 44.0 Å². The zero-order valence-corrected chi connectivity index (χ0v) is 13.8. The van der Waals surface area contributed by atoms with Gasteiger partial charge in [-0.25, -0.2) is 4.98 Å². The molecule has 1 aromatic carbocycles. The Morgan fingerprint density at radius 3 is 2.52 bits per heavy atom. The van der Waals surface area contributed by atoms with Crippen molar-refractivity contribution in [3.8, 4) is 0 Å². The summed E-state index contributed by atoms with van der Waals surface area (Å²) in [7, 11) is 0. The molecule has 1 atom stereocenters. The topological polar surface area (TPSA) is 63.3 Å². The first kappa shape index (κ1) is 15.5. The number of aromatic nitrogens is 1. The lowest BCUT2D eigenvalue weighted by Crippen LogP contribution is -2.23. The highest BCUT2D eigenvalue weighted by Gasteiger charge is 2.09. The summed E-state index contributed by atoms with van der Waals surface area (Å²) in [6, 6.07) is 6.25. The highest BCUT2D eigenvalue weighted by atomic mass is 32.1. The van der Waals surface area contributed by atoms with Crippen molar-refractivity contribution in [2.45, 2.75) is 33.6 Å². The first-order valence-corrected chi connectivity index (χ1v) is 7.89. The fraction of sp³-hybridized carbons (Fsp3) is 0.375. The fourth-order valence-corrected chi connectivity index (χ4v) is 2.99. The van der Waals surface area contributed by atoms with Crippen LogP contribution in [-0.4, -0.2) is 17.5 Å². The summed E-state index contributed by atoms with van der Waals surface area (Å²) in [6.45, 7) is 8.89. The average molecular weight is 302 g/mol. The molecule has 2 rings (SSSR count). The first-order valence-electron chi connectivity index (χ1n) is 7.01. The Bertz CT molecular complexity index is 625. The second kappa shape index (κ2) is 6.72. The van der Waals surface area contributed by atoms with Crippen molar-refractivity contribution in [2.75, 3.05) is 11.9 Å². The lowest BCUT2D eigenvalue weighted by atomic mass is 10.1. The standard InChI is InChI=1S/C16H22N4S/c1-10-5-11(2)7-14(6-10)20-16(17)18-8-12(3)15-19-13(4)9-21-15/h5-7,9,12H,8H2,1-4H3,(H3,17,18,20). The number of nitrogens with two attached hydrogens (primary N) is 1. The zero-order chi connectivity index (χ0) is 15.4. The van der Waals surface area contributed by atoms with Gasteiger partial charge >= 0.3 is 0 Å². The molecule has 0 spiro atoms. The van der Waals surface area contributed by atoms with Gasteiger partial charge in [0.05, 0.1) is 11.6 Å². The average Bonchev–Trinajstić information content (AvgIpc) is 2.81. The highest BCUT2D eigenvalue weighted by molar-refractivity contribution is 7.09. The lowest BCUT2D eigenvalue weighted by Gasteiger charge is -2.09. The smallest absolute Gasteiger partial charge is 0.193 e. The maximum absolute atomic E-state index is 5.96. The second-order valence-electron chi connectivity index (χ2n) is 5.46. The molecule has 21 heavy (non-hydrogen) atoms. The summed E-state index contributed by atoms with van der Waals surface area (Å²) in [5.41, 5.74) is 10.4. The van der Waals surface area contributed by atoms with Crippen LogP contribution in [0.3, 0.4) is 0 Å². The van der Waals surface area contributed by atoms with Crippen LogP contribution < -0.4 is 11.1 Å². The van der Waals surface area contributed by atoms with E-state index in [1.165, 1.54) is 11.1 Å². The van der Waals surface area contributed by atoms with E-state index in [2.05, 4.69) is 59.6 Å². The van der Waals surface area contributed by atoms with Crippen molar-refractivity contribution in [2.24, 2.45) is 10.7 Å². The van der Waals surface area contributed by atoms with Gasteiger partial charge in [-0.2, -0.15) is 0 Å². The van der Waals surface area contributed by atoms with E-state index < -0.39 is 0 Å². The summed E-state index contributed by atoms with van der Waals surface area (Å²) >= 11 is 1.68. The number of thiazole rings is 1. The number of hydrogen-bond acceptors (Lipinski definition) is 3. The normalized spacial score (nSPS) is 13.2. The maximum atomic E-state index is 5.96. The van der Waals surface area contributed by atoms with Crippen LogP contribution in [0.15, 0.2) is 28.6 Å². The van der Waals surface area contributed by atoms with Gasteiger partial charge in [0.15, 0.2) is 5.96 Å². The summed E-state index contributed by atoms with van der Waals surface area (Å²) in [5, 5.41) is 6.32. The number of nitrogens with zero attached hydrogens (tertiary/aromatic N) is 2. The van der Waals surface area contributed by atoms with Gasteiger partial charge in [0.2, 0.25) is 0 Å². The number of aryl methyl sites for hydroxylation is 3. The molecule has 3 N–H and O–H groups in total. The molecule has 2 aromatic rings. The molecule has 0 bridgehead atoms. The number of benzene rings is 1. The van der Waals surface area contributed by atoms with Gasteiger partial charge in [0, 0.05) is 22.7 Å². The van der Waals surface area contributed by atoms with E-state index in [9.17, 15) is 0 Å². The summed E-state index contributed by atoms with van der Waals surface area (Å²) < 4.78 is 0. The minimum absolute atomic E-state index is 0.281. The third kappa shape index (κ3) is 4.56. The van der Waals surface area contributed by atoms with Crippen LogP contribution in [0, 0.1) is 20.8 Å². The molecule has 4 nitrogen and oxygen atoms in total. The van der Waals surface area contributed by atoms with E-state index in [1.54, 1.807) is 11.3 Å². The molecule has 0 aliphatic heterocycles. The lowest BCUT2D eigenvalue weighted by molar-refractivity contribution is 0.763. The first-order chi connectivity index (χ1) is 9.94. The summed E-state index contributed by atoms with van der Waals surface area (Å²) in [5.74, 6) is 0.725. The quantitative estimate of drug-likeness (QED) is 0.670. The Labute approximate surface area is 130 Å². The van der Waals surface area contributed by atoms with Gasteiger partial charge in [-0.1, -0.05) is 13.0 Å². The number of guanidine groups is 1. The van der Waals surface area contributed by atoms with Crippen LogP contribution in [-0.2, 0) is 0 Å². The molecule has 0 saturated carbocycles. The van der Waals surface area contributed by atoms with E-state index in [4.69, 9.17) is 5.73 Å². The number of rotatable bonds is 4. The number of hydrogen-bond donors (Lipinski definition) is 2. The van der Waals surface area contributed by atoms with Crippen LogP contribution in [0.2, 0.25) is 0 Å². The van der Waals surface area contributed by atoms with Crippen molar-refractivity contribution in [3.05, 3.63) is 45.4 Å². The Kier molecular flexibility index (Phi) is 4.96. The van der Waals surface area contributed by atoms with Gasteiger partial charge in [0.25, 0.3) is 0 Å². The maximum Gasteiger partial charge on any atom is 0.193 e. The molecule has 0 aliphatic carbocycles. The van der Waals surface area contributed by atoms with Crippen molar-refractivity contribution in [1.29, 1.82) is 0 Å². The Morgan fingerprint density at radius 2 is 1.95 bits per heavy atom. The largest absolute Gasteiger partial charge is 0.370 e. The molecule has 0 amide bonds. The van der Waals surface area contributed by atoms with Crippen LogP contribution >= 0.6 is 11.3 Å². The molecular formula is C16H22N4S. The number of aliphatic imine (C=N–C) groups is 1. The van der Waals surface area contributed by atoms with Crippen LogP contribution in [0.1, 0.15) is 34.7 Å². The third-order valence-corrected chi connectivity index (χ3v) is 4.28. The molecular weight excluding hydrogens is 280 g/mol. The van der Waals surface area contributed by atoms with Gasteiger partial charge in [-0.15, -0.1) is 11.3 Å². The van der Waals surface area contributed by atoms with E-state index in [0.717, 1.165) is 16.4 Å². The van der Waals surface area contributed by atoms with Crippen LogP contribution in [0.5, 0.6) is 0 Å². The van der Waals surface area contributed by atoms with E-state index >= 15 is 0 Å². The molecule has 0 radical (unpaired) electrons. The van der Waals surface area contributed by atoms with E-state index in [-0.39, 0.29) is 5.92 Å². The number of nitrogens with one attached hydrogen (secondary N) is 1. The Hall–Kier alpha value is -1.88. The monoisotopic (exact) mass is 302 g/mol. The van der Waals surface area contributed by atoms with Crippen molar-refractivity contribution in [3.63, 3.8) is 0 Å². The van der Waals surface area contributed by atoms with Gasteiger partial charge < -0.3 is 11.1 Å². The molecule has 0 saturated heterocycles. The molecule has 0 fully saturated rings. The zero-order valence-electron chi connectivity index (χ0n) is 13.0. The second-order valence-corrected chi connectivity index (χ2v) is 6.35. The van der Waals surface area contributed by atoms with Crippen LogP contribution in [0.25, 0.3) is 0 Å². The van der Waals surface area contributed by atoms with Crippen molar-refractivity contribution >= 4 is 23.0 Å². The molecule has 1 heterocycles. The fourth-order valence-electron chi connectivity index (χ4n) is 2.15. The van der Waals surface area contributed by atoms with Gasteiger partial charge in [0.1, 0.15) is 0 Å². The molecule has 1 aromatic heterocycles. The SMILES string of the molecule is Cc1cc(C)cc(NC(N)=NCC(C)c2nc(C)cs2)c1. The Morgan fingerprint density at radius 1 is 1.29 bits per heavy atom. The molecule has 0 aliphatic rings. The van der Waals surface area contributed by atoms with Crippen molar-refractivity contribution < 1.29 is 0 Å². The molecule has 1 unspecified atom stereocenters. The minimum Gasteiger partial charge on any atom is -0.370 e. The van der Waals surface area contributed by atoms with Crippen LogP contribution in [0.4, 0.5) is 5.69 Å². The van der Waals surface area contributed by atoms with E-state index in [1.807, 2.05) is 6.92 Å². The number of anilines is 1.